The van der Waals surface area contributed by atoms with Crippen LogP contribution >= 0.6 is 0 Å². The van der Waals surface area contributed by atoms with E-state index in [0.717, 1.165) is 6.42 Å². The summed E-state index contributed by atoms with van der Waals surface area (Å²) < 4.78 is 5.21. The molecule has 1 aromatic carbocycles. The fraction of sp³-hybridized carbons (Fsp3) is 0.308. The van der Waals surface area contributed by atoms with Gasteiger partial charge in [-0.15, -0.1) is 0 Å². The number of nitro benzene ring substituents is 1. The van der Waals surface area contributed by atoms with Gasteiger partial charge in [0.25, 0.3) is 11.6 Å². The molecule has 0 radical (unpaired) electrons. The molecule has 1 aromatic rings. The van der Waals surface area contributed by atoms with E-state index in [0.29, 0.717) is 12.3 Å². The van der Waals surface area contributed by atoms with Gasteiger partial charge in [0.15, 0.2) is 6.61 Å². The summed E-state index contributed by atoms with van der Waals surface area (Å²) in [6.07, 6.45) is 4.65. The van der Waals surface area contributed by atoms with Gasteiger partial charge in [-0.2, -0.15) is 0 Å². The Hall–Kier alpha value is -2.37. The third kappa shape index (κ3) is 5.67. The Morgan fingerprint density at radius 2 is 2.11 bits per heavy atom. The molecule has 0 aliphatic rings. The quantitative estimate of drug-likeness (QED) is 0.353. The lowest BCUT2D eigenvalue weighted by atomic mass is 10.3. The van der Waals surface area contributed by atoms with E-state index in [-0.39, 0.29) is 18.2 Å². The number of hydrogen-bond donors (Lipinski definition) is 1. The van der Waals surface area contributed by atoms with E-state index in [2.05, 4.69) is 5.32 Å². The van der Waals surface area contributed by atoms with Crippen LogP contribution < -0.4 is 10.1 Å². The number of hydrogen-bond acceptors (Lipinski definition) is 4. The fourth-order valence-electron chi connectivity index (χ4n) is 1.33. The third-order valence-corrected chi connectivity index (χ3v) is 2.29. The lowest BCUT2D eigenvalue weighted by Gasteiger charge is -2.06. The van der Waals surface area contributed by atoms with Gasteiger partial charge in [0.1, 0.15) is 5.75 Å². The molecular formula is C13H16N2O4. The molecule has 0 fully saturated rings. The number of nitro groups is 1. The first kappa shape index (κ1) is 14.7. The van der Waals surface area contributed by atoms with E-state index in [1.54, 1.807) is 0 Å². The molecule has 1 N–H and O–H groups in total. The van der Waals surface area contributed by atoms with E-state index in [4.69, 9.17) is 4.74 Å². The van der Waals surface area contributed by atoms with Crippen molar-refractivity contribution < 1.29 is 14.5 Å². The monoisotopic (exact) mass is 264 g/mol. The van der Waals surface area contributed by atoms with Crippen molar-refractivity contribution in [3.63, 3.8) is 0 Å². The normalized spacial score (nSPS) is 10.4. The van der Waals surface area contributed by atoms with Gasteiger partial charge in [-0.25, -0.2) is 0 Å². The zero-order valence-corrected chi connectivity index (χ0v) is 10.7. The molecule has 0 aliphatic heterocycles. The number of carbonyl (C=O) groups excluding carboxylic acids is 1. The van der Waals surface area contributed by atoms with Crippen molar-refractivity contribution in [1.29, 1.82) is 0 Å². The van der Waals surface area contributed by atoms with Crippen LogP contribution in [-0.4, -0.2) is 24.0 Å². The van der Waals surface area contributed by atoms with Crippen LogP contribution in [0.3, 0.4) is 0 Å². The van der Waals surface area contributed by atoms with Crippen molar-refractivity contribution in [3.05, 3.63) is 46.5 Å². The Morgan fingerprint density at radius 1 is 1.42 bits per heavy atom. The summed E-state index contributed by atoms with van der Waals surface area (Å²) in [5.41, 5.74) is -0.0110. The Balaban J connectivity index is 2.31. The SMILES string of the molecule is C/C=C/CCNC(=O)COc1ccc([N+](=O)[O-])cc1. The maximum atomic E-state index is 11.4. The number of carbonyl (C=O) groups is 1. The second kappa shape index (κ2) is 7.86. The number of ether oxygens (including phenoxy) is 1. The number of benzene rings is 1. The lowest BCUT2D eigenvalue weighted by Crippen LogP contribution is -2.29. The topological polar surface area (TPSA) is 81.5 Å². The molecule has 0 aromatic heterocycles. The van der Waals surface area contributed by atoms with E-state index in [1.165, 1.54) is 24.3 Å². The van der Waals surface area contributed by atoms with Gasteiger partial charge in [0.05, 0.1) is 4.92 Å². The molecule has 102 valence electrons. The molecule has 0 saturated heterocycles. The highest BCUT2D eigenvalue weighted by molar-refractivity contribution is 5.77. The molecule has 1 amide bonds. The van der Waals surface area contributed by atoms with E-state index in [1.807, 2.05) is 19.1 Å². The van der Waals surface area contributed by atoms with Crippen molar-refractivity contribution in [2.75, 3.05) is 13.2 Å². The predicted octanol–water partition coefficient (Wildman–Crippen LogP) is 2.06. The molecule has 6 nitrogen and oxygen atoms in total. The molecule has 0 bridgehead atoms. The van der Waals surface area contributed by atoms with Crippen LogP contribution in [0.1, 0.15) is 13.3 Å². The number of nitrogens with one attached hydrogen (secondary N) is 1. The molecule has 6 heteroatoms. The molecule has 0 atom stereocenters. The summed E-state index contributed by atoms with van der Waals surface area (Å²) in [4.78, 5) is 21.3. The first-order chi connectivity index (χ1) is 9.13. The van der Waals surface area contributed by atoms with Crippen LogP contribution in [0.15, 0.2) is 36.4 Å². The molecule has 19 heavy (non-hydrogen) atoms. The van der Waals surface area contributed by atoms with Crippen LogP contribution in [0, 0.1) is 10.1 Å². The zero-order chi connectivity index (χ0) is 14.1. The lowest BCUT2D eigenvalue weighted by molar-refractivity contribution is -0.384. The average Bonchev–Trinajstić information content (AvgIpc) is 2.42. The maximum Gasteiger partial charge on any atom is 0.269 e. The van der Waals surface area contributed by atoms with Crippen molar-refractivity contribution in [2.45, 2.75) is 13.3 Å². The smallest absolute Gasteiger partial charge is 0.269 e. The minimum Gasteiger partial charge on any atom is -0.484 e. The highest BCUT2D eigenvalue weighted by atomic mass is 16.6. The van der Waals surface area contributed by atoms with Crippen molar-refractivity contribution in [2.24, 2.45) is 0 Å². The Kier molecular flexibility index (Phi) is 6.08. The van der Waals surface area contributed by atoms with Crippen molar-refractivity contribution in [1.82, 2.24) is 5.32 Å². The largest absolute Gasteiger partial charge is 0.484 e. The summed E-state index contributed by atoms with van der Waals surface area (Å²) in [6.45, 7) is 2.37. The highest BCUT2D eigenvalue weighted by Crippen LogP contribution is 2.16. The summed E-state index contributed by atoms with van der Waals surface area (Å²) in [6, 6.07) is 5.59. The molecule has 0 saturated carbocycles. The standard InChI is InChI=1S/C13H16N2O4/c1-2-3-4-9-14-13(16)10-19-12-7-5-11(6-8-12)15(17)18/h2-3,5-8H,4,9-10H2,1H3,(H,14,16)/b3-2+. The predicted molar refractivity (Wildman–Crippen MR) is 71.0 cm³/mol. The summed E-state index contributed by atoms with van der Waals surface area (Å²) in [5.74, 6) is 0.206. The van der Waals surface area contributed by atoms with Gasteiger partial charge in [-0.3, -0.25) is 14.9 Å². The minimum atomic E-state index is -0.488. The van der Waals surface area contributed by atoms with Gasteiger partial charge in [0, 0.05) is 18.7 Å². The number of amides is 1. The first-order valence-electron chi connectivity index (χ1n) is 5.88. The van der Waals surface area contributed by atoms with E-state index >= 15 is 0 Å². The van der Waals surface area contributed by atoms with Crippen LogP contribution in [-0.2, 0) is 4.79 Å². The van der Waals surface area contributed by atoms with Gasteiger partial charge in [0.2, 0.25) is 0 Å². The van der Waals surface area contributed by atoms with E-state index in [9.17, 15) is 14.9 Å². The second-order valence-corrected chi connectivity index (χ2v) is 3.75. The molecule has 0 aliphatic carbocycles. The van der Waals surface area contributed by atoms with Gasteiger partial charge in [-0.1, -0.05) is 12.2 Å². The number of nitrogens with zero attached hydrogens (tertiary/aromatic N) is 1. The van der Waals surface area contributed by atoms with Crippen molar-refractivity contribution in [3.8, 4) is 5.75 Å². The Bertz CT molecular complexity index is 454. The number of rotatable bonds is 7. The van der Waals surface area contributed by atoms with Gasteiger partial charge < -0.3 is 10.1 Å². The Labute approximate surface area is 111 Å². The third-order valence-electron chi connectivity index (χ3n) is 2.29. The first-order valence-corrected chi connectivity index (χ1v) is 5.88. The number of non-ortho nitro benzene ring substituents is 1. The van der Waals surface area contributed by atoms with Crippen LogP contribution in [0.2, 0.25) is 0 Å². The molecule has 0 unspecified atom stereocenters. The highest BCUT2D eigenvalue weighted by Gasteiger charge is 2.05. The van der Waals surface area contributed by atoms with Gasteiger partial charge in [-0.05, 0) is 25.5 Å². The summed E-state index contributed by atoms with van der Waals surface area (Å²) >= 11 is 0. The molecule has 0 spiro atoms. The van der Waals surface area contributed by atoms with Crippen molar-refractivity contribution >= 4 is 11.6 Å². The average molecular weight is 264 g/mol. The van der Waals surface area contributed by atoms with Crippen LogP contribution in [0.4, 0.5) is 5.69 Å². The van der Waals surface area contributed by atoms with Crippen LogP contribution in [0.25, 0.3) is 0 Å². The Morgan fingerprint density at radius 3 is 2.68 bits per heavy atom. The van der Waals surface area contributed by atoms with E-state index < -0.39 is 4.92 Å². The summed E-state index contributed by atoms with van der Waals surface area (Å²) in [5, 5.41) is 13.1. The molecule has 1 rings (SSSR count). The maximum absolute atomic E-state index is 11.4. The fourth-order valence-corrected chi connectivity index (χ4v) is 1.33. The minimum absolute atomic E-state index is 0.0110. The molecular weight excluding hydrogens is 248 g/mol. The van der Waals surface area contributed by atoms with Gasteiger partial charge >= 0.3 is 0 Å². The van der Waals surface area contributed by atoms with Crippen LogP contribution in [0.5, 0.6) is 5.75 Å². The number of allylic oxidation sites excluding steroid dienone is 1. The summed E-state index contributed by atoms with van der Waals surface area (Å²) in [7, 11) is 0. The second-order valence-electron chi connectivity index (χ2n) is 3.75. The molecule has 0 heterocycles. The zero-order valence-electron chi connectivity index (χ0n) is 10.7.